The summed E-state index contributed by atoms with van der Waals surface area (Å²) in [4.78, 5) is 0.273. The first-order valence-electron chi connectivity index (χ1n) is 8.70. The molecule has 0 bridgehead atoms. The molecule has 1 saturated heterocycles. The predicted molar refractivity (Wildman–Crippen MR) is 100 cm³/mol. The van der Waals surface area contributed by atoms with E-state index in [9.17, 15) is 8.42 Å². The van der Waals surface area contributed by atoms with Crippen LogP contribution in [-0.2, 0) is 25.7 Å². The highest BCUT2D eigenvalue weighted by molar-refractivity contribution is 7.92. The third kappa shape index (κ3) is 4.15. The van der Waals surface area contributed by atoms with Gasteiger partial charge in [-0.3, -0.25) is 0 Å². The van der Waals surface area contributed by atoms with Gasteiger partial charge in [0, 0.05) is 0 Å². The summed E-state index contributed by atoms with van der Waals surface area (Å²) in [5.41, 5.74) is 7.35. The fraction of sp³-hybridized carbons (Fsp3) is 0.400. The molecule has 0 spiro atoms. The van der Waals surface area contributed by atoms with Crippen molar-refractivity contribution < 1.29 is 17.9 Å². The molecule has 0 aromatic heterocycles. The maximum absolute atomic E-state index is 13.3. The molecule has 2 N–H and O–H groups in total. The van der Waals surface area contributed by atoms with Gasteiger partial charge >= 0.3 is 0 Å². The smallest absolute Gasteiger partial charge is 0.183 e. The quantitative estimate of drug-likeness (QED) is 0.839. The van der Waals surface area contributed by atoms with Crippen molar-refractivity contribution in [3.8, 4) is 0 Å². The van der Waals surface area contributed by atoms with Crippen LogP contribution in [0.4, 0.5) is 0 Å². The molecule has 1 heterocycles. The molecule has 6 heteroatoms. The summed E-state index contributed by atoms with van der Waals surface area (Å²) >= 11 is 0. The van der Waals surface area contributed by atoms with Crippen LogP contribution in [-0.4, -0.2) is 38.2 Å². The number of hydrogen-bond acceptors (Lipinski definition) is 5. The number of sulfone groups is 1. The molecule has 2 aromatic rings. The van der Waals surface area contributed by atoms with Crippen molar-refractivity contribution >= 4 is 9.84 Å². The molecule has 0 aliphatic carbocycles. The maximum Gasteiger partial charge on any atom is 0.183 e. The third-order valence-electron chi connectivity index (χ3n) is 4.64. The lowest BCUT2D eigenvalue weighted by molar-refractivity contribution is -0.140. The number of ether oxygens (including phenoxy) is 2. The zero-order valence-electron chi connectivity index (χ0n) is 15.0. The number of nitrogens with two attached hydrogens (primary N) is 1. The fourth-order valence-corrected chi connectivity index (χ4v) is 5.12. The SMILES string of the molecule is CC1(C)OC[C@H]([C@H](N)[C@H](Cc2ccccc2)S(=O)(=O)c2ccccc2)O1. The fourth-order valence-electron chi connectivity index (χ4n) is 3.23. The molecule has 0 amide bonds. The van der Waals surface area contributed by atoms with Gasteiger partial charge in [0.15, 0.2) is 15.6 Å². The van der Waals surface area contributed by atoms with Crippen molar-refractivity contribution in [3.05, 3.63) is 66.2 Å². The molecule has 3 atom stereocenters. The van der Waals surface area contributed by atoms with Gasteiger partial charge in [0.05, 0.1) is 22.8 Å². The summed E-state index contributed by atoms with van der Waals surface area (Å²) in [5.74, 6) is -0.754. The third-order valence-corrected chi connectivity index (χ3v) is 6.85. The van der Waals surface area contributed by atoms with Crippen LogP contribution in [0, 0.1) is 0 Å². The molecule has 1 aliphatic rings. The zero-order valence-corrected chi connectivity index (χ0v) is 15.9. The van der Waals surface area contributed by atoms with Crippen LogP contribution in [0.15, 0.2) is 65.6 Å². The monoisotopic (exact) mass is 375 g/mol. The minimum absolute atomic E-state index is 0.273. The lowest BCUT2D eigenvalue weighted by atomic mass is 10.0. The van der Waals surface area contributed by atoms with Crippen LogP contribution in [0.3, 0.4) is 0 Å². The summed E-state index contributed by atoms with van der Waals surface area (Å²) in [6.45, 7) is 3.89. The normalized spacial score (nSPS) is 22.0. The van der Waals surface area contributed by atoms with E-state index in [1.165, 1.54) is 0 Å². The van der Waals surface area contributed by atoms with E-state index in [0.717, 1.165) is 5.56 Å². The van der Waals surface area contributed by atoms with E-state index in [4.69, 9.17) is 15.2 Å². The van der Waals surface area contributed by atoms with Crippen LogP contribution in [0.25, 0.3) is 0 Å². The number of benzene rings is 2. The van der Waals surface area contributed by atoms with Crippen molar-refractivity contribution in [1.82, 2.24) is 0 Å². The van der Waals surface area contributed by atoms with Crippen LogP contribution in [0.2, 0.25) is 0 Å². The van der Waals surface area contributed by atoms with Crippen LogP contribution in [0.5, 0.6) is 0 Å². The molecule has 0 unspecified atom stereocenters. The largest absolute Gasteiger partial charge is 0.348 e. The summed E-state index contributed by atoms with van der Waals surface area (Å²) < 4.78 is 38.1. The lowest BCUT2D eigenvalue weighted by Gasteiger charge is -2.28. The van der Waals surface area contributed by atoms with Crippen molar-refractivity contribution in [2.75, 3.05) is 6.61 Å². The second-order valence-electron chi connectivity index (χ2n) is 7.03. The van der Waals surface area contributed by atoms with Crippen LogP contribution < -0.4 is 5.73 Å². The van der Waals surface area contributed by atoms with Crippen molar-refractivity contribution in [2.45, 2.75) is 48.3 Å². The van der Waals surface area contributed by atoms with Gasteiger partial charge in [-0.2, -0.15) is 0 Å². The Morgan fingerprint density at radius 3 is 2.19 bits per heavy atom. The molecule has 26 heavy (non-hydrogen) atoms. The first-order valence-corrected chi connectivity index (χ1v) is 10.2. The van der Waals surface area contributed by atoms with Gasteiger partial charge < -0.3 is 15.2 Å². The highest BCUT2D eigenvalue weighted by atomic mass is 32.2. The average molecular weight is 375 g/mol. The Hall–Kier alpha value is -1.73. The molecular formula is C20H25NO4S. The van der Waals surface area contributed by atoms with E-state index in [-0.39, 0.29) is 11.5 Å². The topological polar surface area (TPSA) is 78.6 Å². The minimum Gasteiger partial charge on any atom is -0.348 e. The summed E-state index contributed by atoms with van der Waals surface area (Å²) in [6, 6.07) is 17.3. The van der Waals surface area contributed by atoms with E-state index in [1.54, 1.807) is 44.2 Å². The minimum atomic E-state index is -3.63. The van der Waals surface area contributed by atoms with Gasteiger partial charge in [-0.1, -0.05) is 48.5 Å². The van der Waals surface area contributed by atoms with Gasteiger partial charge in [-0.25, -0.2) is 8.42 Å². The van der Waals surface area contributed by atoms with Crippen LogP contribution in [0.1, 0.15) is 19.4 Å². The molecule has 0 radical (unpaired) electrons. The first kappa shape index (κ1) is 19.0. The van der Waals surface area contributed by atoms with Crippen LogP contribution >= 0.6 is 0 Å². The van der Waals surface area contributed by atoms with Crippen molar-refractivity contribution in [3.63, 3.8) is 0 Å². The Morgan fingerprint density at radius 1 is 1.08 bits per heavy atom. The molecule has 1 aliphatic heterocycles. The summed E-state index contributed by atoms with van der Waals surface area (Å²) in [7, 11) is -3.63. The molecule has 5 nitrogen and oxygen atoms in total. The molecule has 1 fully saturated rings. The van der Waals surface area contributed by atoms with E-state index in [1.807, 2.05) is 30.3 Å². The zero-order chi connectivity index (χ0) is 18.8. The number of rotatable bonds is 6. The van der Waals surface area contributed by atoms with E-state index < -0.39 is 33.0 Å². The predicted octanol–water partition coefficient (Wildman–Crippen LogP) is 2.55. The number of hydrogen-bond donors (Lipinski definition) is 1. The van der Waals surface area contributed by atoms with Crippen molar-refractivity contribution in [1.29, 1.82) is 0 Å². The summed E-state index contributed by atoms with van der Waals surface area (Å²) in [6.07, 6.45) is -0.156. The second kappa shape index (κ2) is 7.48. The van der Waals surface area contributed by atoms with Gasteiger partial charge in [0.2, 0.25) is 0 Å². The van der Waals surface area contributed by atoms with Gasteiger partial charge in [0.1, 0.15) is 6.10 Å². The maximum atomic E-state index is 13.3. The van der Waals surface area contributed by atoms with Gasteiger partial charge in [-0.05, 0) is 38.0 Å². The highest BCUT2D eigenvalue weighted by Gasteiger charge is 2.43. The summed E-state index contributed by atoms with van der Waals surface area (Å²) in [5, 5.41) is -0.810. The highest BCUT2D eigenvalue weighted by Crippen LogP contribution is 2.29. The van der Waals surface area contributed by atoms with Gasteiger partial charge in [-0.15, -0.1) is 0 Å². The van der Waals surface area contributed by atoms with Crippen molar-refractivity contribution in [2.24, 2.45) is 5.73 Å². The Kier molecular flexibility index (Phi) is 5.48. The first-order chi connectivity index (χ1) is 12.3. The Balaban J connectivity index is 1.94. The molecule has 3 rings (SSSR count). The second-order valence-corrected chi connectivity index (χ2v) is 9.20. The average Bonchev–Trinajstić information content (AvgIpc) is 3.00. The van der Waals surface area contributed by atoms with Gasteiger partial charge in [0.25, 0.3) is 0 Å². The standard InChI is InChI=1S/C20H25NO4S/c1-20(2)24-14-17(25-20)19(21)18(13-15-9-5-3-6-10-15)26(22,23)16-11-7-4-8-12-16/h3-12,17-19H,13-14,21H2,1-2H3/t17-,18+,19+/m1/s1. The van der Waals surface area contributed by atoms with E-state index in [0.29, 0.717) is 6.42 Å². The molecular weight excluding hydrogens is 350 g/mol. The molecule has 0 saturated carbocycles. The Bertz CT molecular complexity index is 821. The Morgan fingerprint density at radius 2 is 1.65 bits per heavy atom. The Labute approximate surface area is 155 Å². The molecule has 2 aromatic carbocycles. The van der Waals surface area contributed by atoms with E-state index in [2.05, 4.69) is 0 Å². The lowest BCUT2D eigenvalue weighted by Crippen LogP contribution is -2.51. The van der Waals surface area contributed by atoms with E-state index >= 15 is 0 Å². The molecule has 140 valence electrons.